The van der Waals surface area contributed by atoms with Gasteiger partial charge in [-0.15, -0.1) is 0 Å². The van der Waals surface area contributed by atoms with Crippen molar-refractivity contribution in [1.29, 1.82) is 0 Å². The molecule has 2 aliphatic rings. The normalized spacial score (nSPS) is 27.5. The molecule has 0 N–H and O–H groups in total. The van der Waals surface area contributed by atoms with Gasteiger partial charge in [0.2, 0.25) is 5.91 Å². The summed E-state index contributed by atoms with van der Waals surface area (Å²) in [7, 11) is 0. The van der Waals surface area contributed by atoms with E-state index in [1.54, 1.807) is 0 Å². The van der Waals surface area contributed by atoms with Gasteiger partial charge < -0.3 is 4.74 Å². The largest absolute Gasteiger partial charge is 0.449 e. The van der Waals surface area contributed by atoms with Crippen LogP contribution in [0.2, 0.25) is 0 Å². The van der Waals surface area contributed by atoms with Gasteiger partial charge in [-0.05, 0) is 12.8 Å². The predicted molar refractivity (Wildman–Crippen MR) is 54.1 cm³/mol. The Hall–Kier alpha value is -1.32. The molecule has 0 aromatic carbocycles. The Morgan fingerprint density at radius 3 is 3.00 bits per heavy atom. The molecule has 4 nitrogen and oxygen atoms in total. The number of likely N-dealkylation sites (tertiary alicyclic amines) is 1. The van der Waals surface area contributed by atoms with Gasteiger partial charge in [0.15, 0.2) is 0 Å². The summed E-state index contributed by atoms with van der Waals surface area (Å²) in [5.74, 6) is -0.197. The molecular formula is C11H15NO3. The van der Waals surface area contributed by atoms with Crippen molar-refractivity contribution < 1.29 is 14.3 Å². The number of ether oxygens (including phenoxy) is 1. The minimum Gasteiger partial charge on any atom is -0.449 e. The third kappa shape index (κ3) is 1.76. The van der Waals surface area contributed by atoms with E-state index in [9.17, 15) is 9.59 Å². The second kappa shape index (κ2) is 4.04. The number of amides is 2. The molecule has 1 saturated heterocycles. The molecule has 1 aliphatic heterocycles. The summed E-state index contributed by atoms with van der Waals surface area (Å²) in [6, 6.07) is -0.0587. The first-order chi connectivity index (χ1) is 7.24. The minimum absolute atomic E-state index is 0.0587. The van der Waals surface area contributed by atoms with Crippen LogP contribution < -0.4 is 0 Å². The number of hydrogen-bond acceptors (Lipinski definition) is 3. The summed E-state index contributed by atoms with van der Waals surface area (Å²) in [5, 5.41) is 0. The Morgan fingerprint density at radius 1 is 1.60 bits per heavy atom. The highest BCUT2D eigenvalue weighted by atomic mass is 16.6. The SMILES string of the molecule is CCCCOC(=O)N1C(=O)C2C=CC1C2. The van der Waals surface area contributed by atoms with E-state index in [4.69, 9.17) is 4.74 Å². The van der Waals surface area contributed by atoms with Gasteiger partial charge in [-0.3, -0.25) is 4.79 Å². The summed E-state index contributed by atoms with van der Waals surface area (Å²) >= 11 is 0. The lowest BCUT2D eigenvalue weighted by Gasteiger charge is -2.21. The Kier molecular flexibility index (Phi) is 2.75. The van der Waals surface area contributed by atoms with Gasteiger partial charge in [0.25, 0.3) is 0 Å². The maximum absolute atomic E-state index is 11.6. The molecule has 82 valence electrons. The fourth-order valence-corrected chi connectivity index (χ4v) is 2.00. The number of fused-ring (bicyclic) bond motifs is 2. The van der Waals surface area contributed by atoms with Crippen molar-refractivity contribution in [2.24, 2.45) is 5.92 Å². The summed E-state index contributed by atoms with van der Waals surface area (Å²) in [6.45, 7) is 2.43. The maximum atomic E-state index is 11.6. The molecule has 0 aromatic rings. The number of unbranched alkanes of at least 4 members (excludes halogenated alkanes) is 1. The first-order valence-electron chi connectivity index (χ1n) is 5.42. The van der Waals surface area contributed by atoms with Crippen LogP contribution in [0.4, 0.5) is 4.79 Å². The first kappa shape index (κ1) is 10.2. The van der Waals surface area contributed by atoms with E-state index in [0.717, 1.165) is 19.3 Å². The van der Waals surface area contributed by atoms with Gasteiger partial charge in [-0.25, -0.2) is 9.69 Å². The molecule has 2 atom stereocenters. The molecule has 2 unspecified atom stereocenters. The standard InChI is InChI=1S/C11H15NO3/c1-2-3-6-15-11(14)12-9-5-4-8(7-9)10(12)13/h4-5,8-9H,2-3,6-7H2,1H3. The molecule has 1 aliphatic carbocycles. The highest BCUT2D eigenvalue weighted by molar-refractivity contribution is 5.97. The molecule has 2 amide bonds. The van der Waals surface area contributed by atoms with Crippen LogP contribution in [0, 0.1) is 5.92 Å². The van der Waals surface area contributed by atoms with E-state index in [1.165, 1.54) is 4.90 Å². The van der Waals surface area contributed by atoms with E-state index >= 15 is 0 Å². The zero-order chi connectivity index (χ0) is 10.8. The zero-order valence-corrected chi connectivity index (χ0v) is 8.81. The zero-order valence-electron chi connectivity index (χ0n) is 8.81. The fraction of sp³-hybridized carbons (Fsp3) is 0.636. The van der Waals surface area contributed by atoms with Gasteiger partial charge in [0.05, 0.1) is 18.6 Å². The van der Waals surface area contributed by atoms with Crippen LogP contribution in [0.15, 0.2) is 12.2 Å². The van der Waals surface area contributed by atoms with Crippen molar-refractivity contribution in [3.63, 3.8) is 0 Å². The molecular weight excluding hydrogens is 194 g/mol. The summed E-state index contributed by atoms with van der Waals surface area (Å²) < 4.78 is 5.02. The average Bonchev–Trinajstić information content (AvgIpc) is 2.78. The van der Waals surface area contributed by atoms with Crippen LogP contribution >= 0.6 is 0 Å². The van der Waals surface area contributed by atoms with Crippen molar-refractivity contribution in [2.75, 3.05) is 6.61 Å². The van der Waals surface area contributed by atoms with Crippen molar-refractivity contribution in [3.8, 4) is 0 Å². The maximum Gasteiger partial charge on any atom is 0.417 e. The Labute approximate surface area is 88.9 Å². The topological polar surface area (TPSA) is 46.6 Å². The predicted octanol–water partition coefficient (Wildman–Crippen LogP) is 1.71. The number of imide groups is 1. The number of nitrogens with zero attached hydrogens (tertiary/aromatic N) is 1. The molecule has 2 rings (SSSR count). The number of rotatable bonds is 3. The van der Waals surface area contributed by atoms with Gasteiger partial charge in [0.1, 0.15) is 0 Å². The van der Waals surface area contributed by atoms with Crippen molar-refractivity contribution in [1.82, 2.24) is 4.90 Å². The summed E-state index contributed by atoms with van der Waals surface area (Å²) in [5.41, 5.74) is 0. The second-order valence-electron chi connectivity index (χ2n) is 3.97. The number of carbonyl (C=O) groups is 2. The number of carbonyl (C=O) groups excluding carboxylic acids is 2. The van der Waals surface area contributed by atoms with Crippen LogP contribution in [-0.4, -0.2) is 29.5 Å². The van der Waals surface area contributed by atoms with Crippen molar-refractivity contribution >= 4 is 12.0 Å². The summed E-state index contributed by atoms with van der Waals surface area (Å²) in [6.07, 6.45) is 5.87. The first-order valence-corrected chi connectivity index (χ1v) is 5.42. The third-order valence-corrected chi connectivity index (χ3v) is 2.87. The highest BCUT2D eigenvalue weighted by Crippen LogP contribution is 2.33. The lowest BCUT2D eigenvalue weighted by Crippen LogP contribution is -2.40. The van der Waals surface area contributed by atoms with Gasteiger partial charge in [-0.1, -0.05) is 25.5 Å². The van der Waals surface area contributed by atoms with Crippen molar-refractivity contribution in [2.45, 2.75) is 32.2 Å². The molecule has 0 aromatic heterocycles. The smallest absolute Gasteiger partial charge is 0.417 e. The third-order valence-electron chi connectivity index (χ3n) is 2.87. The minimum atomic E-state index is -0.481. The van der Waals surface area contributed by atoms with Crippen LogP contribution in [-0.2, 0) is 9.53 Å². The molecule has 15 heavy (non-hydrogen) atoms. The molecule has 0 radical (unpaired) electrons. The van der Waals surface area contributed by atoms with E-state index < -0.39 is 6.09 Å². The quantitative estimate of drug-likeness (QED) is 0.525. The molecule has 1 heterocycles. The summed E-state index contributed by atoms with van der Waals surface area (Å²) in [4.78, 5) is 24.4. The van der Waals surface area contributed by atoms with Crippen LogP contribution in [0.3, 0.4) is 0 Å². The lowest BCUT2D eigenvalue weighted by molar-refractivity contribution is -0.129. The molecule has 0 spiro atoms. The van der Waals surface area contributed by atoms with Crippen LogP contribution in [0.25, 0.3) is 0 Å². The monoisotopic (exact) mass is 209 g/mol. The Bertz CT molecular complexity index is 311. The average molecular weight is 209 g/mol. The molecule has 1 fully saturated rings. The lowest BCUT2D eigenvalue weighted by atomic mass is 10.1. The van der Waals surface area contributed by atoms with E-state index in [0.29, 0.717) is 6.61 Å². The molecule has 2 bridgehead atoms. The van der Waals surface area contributed by atoms with Crippen LogP contribution in [0.1, 0.15) is 26.2 Å². The number of hydrogen-bond donors (Lipinski definition) is 0. The molecule has 4 heteroatoms. The highest BCUT2D eigenvalue weighted by Gasteiger charge is 2.45. The van der Waals surface area contributed by atoms with Gasteiger partial charge in [0, 0.05) is 0 Å². The second-order valence-corrected chi connectivity index (χ2v) is 3.97. The van der Waals surface area contributed by atoms with Gasteiger partial charge in [-0.2, -0.15) is 0 Å². The molecule has 0 saturated carbocycles. The van der Waals surface area contributed by atoms with E-state index in [1.807, 2.05) is 19.1 Å². The Morgan fingerprint density at radius 2 is 2.40 bits per heavy atom. The fourth-order valence-electron chi connectivity index (χ4n) is 2.00. The van der Waals surface area contributed by atoms with E-state index in [-0.39, 0.29) is 17.9 Å². The van der Waals surface area contributed by atoms with Crippen molar-refractivity contribution in [3.05, 3.63) is 12.2 Å². The Balaban J connectivity index is 1.91. The van der Waals surface area contributed by atoms with E-state index in [2.05, 4.69) is 0 Å². The van der Waals surface area contributed by atoms with Crippen LogP contribution in [0.5, 0.6) is 0 Å². The van der Waals surface area contributed by atoms with Gasteiger partial charge >= 0.3 is 6.09 Å².